The van der Waals surface area contributed by atoms with E-state index in [0.717, 1.165) is 21.3 Å². The van der Waals surface area contributed by atoms with Gasteiger partial charge in [-0.05, 0) is 60.0 Å². The highest BCUT2D eigenvalue weighted by Crippen LogP contribution is 2.22. The minimum atomic E-state index is 0.00793. The van der Waals surface area contributed by atoms with E-state index in [1.807, 2.05) is 51.1 Å². The lowest BCUT2D eigenvalue weighted by molar-refractivity contribution is -0.119. The number of benzene rings is 1. The van der Waals surface area contributed by atoms with Gasteiger partial charge in [0.2, 0.25) is 5.91 Å². The number of hydrogen-bond donors (Lipinski definition) is 0. The second-order valence-corrected chi connectivity index (χ2v) is 6.21. The van der Waals surface area contributed by atoms with Gasteiger partial charge in [-0.15, -0.1) is 0 Å². The van der Waals surface area contributed by atoms with Gasteiger partial charge in [0.1, 0.15) is 11.6 Å². The third-order valence-electron chi connectivity index (χ3n) is 3.58. The molecule has 23 heavy (non-hydrogen) atoms. The first kappa shape index (κ1) is 17.5. The molecular weight excluding hydrogens is 356 g/mol. The fourth-order valence-electron chi connectivity index (χ4n) is 2.40. The molecule has 0 bridgehead atoms. The van der Waals surface area contributed by atoms with Gasteiger partial charge in [0.15, 0.2) is 0 Å². The Labute approximate surface area is 145 Å². The van der Waals surface area contributed by atoms with Gasteiger partial charge in [-0.3, -0.25) is 9.69 Å². The molecule has 0 N–H and O–H groups in total. The van der Waals surface area contributed by atoms with Crippen molar-refractivity contribution in [2.45, 2.75) is 27.2 Å². The van der Waals surface area contributed by atoms with Crippen LogP contribution in [0, 0.1) is 13.8 Å². The van der Waals surface area contributed by atoms with Crippen LogP contribution in [0.3, 0.4) is 0 Å². The Morgan fingerprint density at radius 1 is 1.22 bits per heavy atom. The molecule has 0 spiro atoms. The maximum Gasteiger partial charge on any atom is 0.231 e. The Hall–Kier alpha value is -1.88. The summed E-state index contributed by atoms with van der Waals surface area (Å²) in [6.45, 7) is 6.89. The zero-order valence-corrected chi connectivity index (χ0v) is 15.3. The number of halogens is 1. The van der Waals surface area contributed by atoms with Crippen LogP contribution in [-0.2, 0) is 4.79 Å². The number of rotatable bonds is 6. The molecule has 5 heteroatoms. The molecular formula is C18H21BrN2O2. The number of anilines is 1. The van der Waals surface area contributed by atoms with Crippen molar-refractivity contribution in [2.75, 3.05) is 18.1 Å². The molecule has 0 aliphatic heterocycles. The lowest BCUT2D eigenvalue weighted by Crippen LogP contribution is -2.32. The van der Waals surface area contributed by atoms with Crippen LogP contribution in [0.1, 0.15) is 24.5 Å². The number of aromatic nitrogens is 1. The van der Waals surface area contributed by atoms with Crippen LogP contribution in [0.4, 0.5) is 5.82 Å². The third kappa shape index (κ3) is 4.55. The molecule has 0 aliphatic rings. The number of carbonyl (C=O) groups excluding carboxylic acids is 1. The van der Waals surface area contributed by atoms with E-state index >= 15 is 0 Å². The quantitative estimate of drug-likeness (QED) is 0.755. The number of amides is 1. The van der Waals surface area contributed by atoms with Crippen LogP contribution < -0.4 is 9.64 Å². The number of pyridine rings is 1. The second-order valence-electron chi connectivity index (χ2n) is 5.29. The van der Waals surface area contributed by atoms with E-state index in [1.54, 1.807) is 11.1 Å². The summed E-state index contributed by atoms with van der Waals surface area (Å²) in [6, 6.07) is 9.73. The van der Waals surface area contributed by atoms with E-state index < -0.39 is 0 Å². The molecule has 0 fully saturated rings. The summed E-state index contributed by atoms with van der Waals surface area (Å²) in [5, 5.41) is 0. The van der Waals surface area contributed by atoms with Gasteiger partial charge in [-0.1, -0.05) is 18.2 Å². The largest absolute Gasteiger partial charge is 0.493 e. The highest BCUT2D eigenvalue weighted by molar-refractivity contribution is 9.10. The van der Waals surface area contributed by atoms with Gasteiger partial charge in [0.05, 0.1) is 13.0 Å². The first-order chi connectivity index (χ1) is 11.0. The predicted molar refractivity (Wildman–Crippen MR) is 96.0 cm³/mol. The smallest absolute Gasteiger partial charge is 0.231 e. The second kappa shape index (κ2) is 8.11. The normalized spacial score (nSPS) is 10.4. The summed E-state index contributed by atoms with van der Waals surface area (Å²) in [5.74, 6) is 1.53. The Kier molecular flexibility index (Phi) is 6.16. The number of nitrogens with zero attached hydrogens (tertiary/aromatic N) is 2. The van der Waals surface area contributed by atoms with Crippen LogP contribution >= 0.6 is 15.9 Å². The maximum atomic E-state index is 12.4. The lowest BCUT2D eigenvalue weighted by atomic mass is 10.1. The molecule has 1 aromatic heterocycles. The molecule has 2 aromatic rings. The minimum Gasteiger partial charge on any atom is -0.493 e. The van der Waals surface area contributed by atoms with Crippen molar-refractivity contribution in [3.05, 3.63) is 52.1 Å². The molecule has 1 amide bonds. The molecule has 0 saturated carbocycles. The zero-order valence-electron chi connectivity index (χ0n) is 13.7. The van der Waals surface area contributed by atoms with Gasteiger partial charge in [-0.2, -0.15) is 0 Å². The van der Waals surface area contributed by atoms with Crippen LogP contribution in [0.5, 0.6) is 5.75 Å². The highest BCUT2D eigenvalue weighted by atomic mass is 79.9. The average Bonchev–Trinajstić information content (AvgIpc) is 2.53. The molecule has 2 rings (SSSR count). The molecule has 0 atom stereocenters. The van der Waals surface area contributed by atoms with Crippen molar-refractivity contribution in [3.63, 3.8) is 0 Å². The lowest BCUT2D eigenvalue weighted by Gasteiger charge is -2.20. The highest BCUT2D eigenvalue weighted by Gasteiger charge is 2.15. The predicted octanol–water partition coefficient (Wildman–Crippen LogP) is 4.28. The van der Waals surface area contributed by atoms with Crippen molar-refractivity contribution in [3.8, 4) is 5.75 Å². The average molecular weight is 377 g/mol. The maximum absolute atomic E-state index is 12.4. The molecule has 0 saturated heterocycles. The first-order valence-electron chi connectivity index (χ1n) is 7.64. The Morgan fingerprint density at radius 3 is 2.48 bits per heavy atom. The number of carbonyl (C=O) groups is 1. The Bertz CT molecular complexity index is 651. The van der Waals surface area contributed by atoms with Crippen LogP contribution in [0.15, 0.2) is 41.0 Å². The monoisotopic (exact) mass is 376 g/mol. The van der Waals surface area contributed by atoms with Crippen molar-refractivity contribution in [1.29, 1.82) is 0 Å². The fourth-order valence-corrected chi connectivity index (χ4v) is 2.63. The minimum absolute atomic E-state index is 0.00793. The number of para-hydroxylation sites is 1. The number of hydrogen-bond acceptors (Lipinski definition) is 3. The SMILES string of the molecule is CCN(C(=O)CCOc1c(C)cccc1C)c1ccc(Br)cn1. The summed E-state index contributed by atoms with van der Waals surface area (Å²) >= 11 is 3.35. The topological polar surface area (TPSA) is 42.4 Å². The van der Waals surface area contributed by atoms with E-state index in [1.165, 1.54) is 0 Å². The van der Waals surface area contributed by atoms with Crippen molar-refractivity contribution in [1.82, 2.24) is 4.98 Å². The first-order valence-corrected chi connectivity index (χ1v) is 8.43. The summed E-state index contributed by atoms with van der Waals surface area (Å²) in [6.07, 6.45) is 2.01. The fraction of sp³-hybridized carbons (Fsp3) is 0.333. The summed E-state index contributed by atoms with van der Waals surface area (Å²) in [4.78, 5) is 18.4. The van der Waals surface area contributed by atoms with Gasteiger partial charge >= 0.3 is 0 Å². The number of aryl methyl sites for hydroxylation is 2. The Morgan fingerprint density at radius 2 is 1.91 bits per heavy atom. The van der Waals surface area contributed by atoms with E-state index in [9.17, 15) is 4.79 Å². The van der Waals surface area contributed by atoms with Crippen LogP contribution in [0.2, 0.25) is 0 Å². The van der Waals surface area contributed by atoms with Crippen LogP contribution in [0.25, 0.3) is 0 Å². The summed E-state index contributed by atoms with van der Waals surface area (Å²) in [5.41, 5.74) is 2.17. The molecule has 4 nitrogen and oxygen atoms in total. The van der Waals surface area contributed by atoms with Gasteiger partial charge in [0.25, 0.3) is 0 Å². The third-order valence-corrected chi connectivity index (χ3v) is 4.05. The molecule has 0 unspecified atom stereocenters. The van der Waals surface area contributed by atoms with E-state index in [4.69, 9.17) is 4.74 Å². The van der Waals surface area contributed by atoms with Crippen LogP contribution in [-0.4, -0.2) is 24.0 Å². The van der Waals surface area contributed by atoms with Gasteiger partial charge in [0, 0.05) is 17.2 Å². The van der Waals surface area contributed by atoms with E-state index in [-0.39, 0.29) is 5.91 Å². The van der Waals surface area contributed by atoms with E-state index in [0.29, 0.717) is 25.4 Å². The molecule has 1 heterocycles. The molecule has 0 radical (unpaired) electrons. The van der Waals surface area contributed by atoms with Crippen molar-refractivity contribution >= 4 is 27.7 Å². The summed E-state index contributed by atoms with van der Waals surface area (Å²) < 4.78 is 6.70. The van der Waals surface area contributed by atoms with Crippen molar-refractivity contribution in [2.24, 2.45) is 0 Å². The van der Waals surface area contributed by atoms with Gasteiger partial charge < -0.3 is 4.74 Å². The standard InChI is InChI=1S/C18H21BrN2O2/c1-4-21(16-9-8-15(19)12-20-16)17(22)10-11-23-18-13(2)6-5-7-14(18)3/h5-9,12H,4,10-11H2,1-3H3. The van der Waals surface area contributed by atoms with E-state index in [2.05, 4.69) is 20.9 Å². The molecule has 122 valence electrons. The zero-order chi connectivity index (χ0) is 16.8. The summed E-state index contributed by atoms with van der Waals surface area (Å²) in [7, 11) is 0. The Balaban J connectivity index is 1.96. The number of ether oxygens (including phenoxy) is 1. The van der Waals surface area contributed by atoms with Gasteiger partial charge in [-0.25, -0.2) is 4.98 Å². The molecule has 1 aromatic carbocycles. The molecule has 0 aliphatic carbocycles. The van der Waals surface area contributed by atoms with Crippen molar-refractivity contribution < 1.29 is 9.53 Å².